The van der Waals surface area contributed by atoms with Crippen LogP contribution in [0.15, 0.2) is 21.5 Å². The number of hydrogen-bond acceptors (Lipinski definition) is 4. The molecule has 0 aliphatic carbocycles. The first-order valence-corrected chi connectivity index (χ1v) is 6.49. The van der Waals surface area contributed by atoms with Crippen LogP contribution in [0.1, 0.15) is 37.1 Å². The van der Waals surface area contributed by atoms with E-state index in [-0.39, 0.29) is 29.7 Å². The van der Waals surface area contributed by atoms with E-state index in [2.05, 4.69) is 15.6 Å². The number of ether oxygens (including phenoxy) is 1. The molecular formula is C13H22IN3O3. The number of esters is 1. The van der Waals surface area contributed by atoms with Gasteiger partial charge in [0.15, 0.2) is 5.96 Å². The number of carbonyl (C=O) groups is 1. The molecule has 0 atom stereocenters. The number of aliphatic imine (C=N–C) groups is 1. The second-order valence-corrected chi connectivity index (χ2v) is 3.71. The van der Waals surface area contributed by atoms with Gasteiger partial charge in [0.2, 0.25) is 5.76 Å². The van der Waals surface area contributed by atoms with Crippen molar-refractivity contribution in [2.45, 2.75) is 27.3 Å². The molecular weight excluding hydrogens is 373 g/mol. The summed E-state index contributed by atoms with van der Waals surface area (Å²) < 4.78 is 10.2. The summed E-state index contributed by atoms with van der Waals surface area (Å²) in [6, 6.07) is 3.33. The molecule has 0 unspecified atom stereocenters. The molecule has 0 amide bonds. The van der Waals surface area contributed by atoms with Crippen LogP contribution in [0, 0.1) is 0 Å². The maximum absolute atomic E-state index is 11.4. The Bertz CT molecular complexity index is 424. The van der Waals surface area contributed by atoms with Crippen LogP contribution in [0.3, 0.4) is 0 Å². The molecule has 0 bridgehead atoms. The zero-order valence-corrected chi connectivity index (χ0v) is 14.4. The quantitative estimate of drug-likeness (QED) is 0.334. The van der Waals surface area contributed by atoms with Gasteiger partial charge >= 0.3 is 5.97 Å². The number of rotatable bonds is 6. The summed E-state index contributed by atoms with van der Waals surface area (Å²) >= 11 is 0. The molecule has 0 fully saturated rings. The summed E-state index contributed by atoms with van der Waals surface area (Å²) in [4.78, 5) is 15.8. The number of nitrogens with one attached hydrogen (secondary N) is 2. The molecule has 0 radical (unpaired) electrons. The van der Waals surface area contributed by atoms with E-state index < -0.39 is 5.97 Å². The van der Waals surface area contributed by atoms with Gasteiger partial charge in [0.25, 0.3) is 0 Å². The standard InChI is InChI=1S/C13H21N3O3.HI/c1-4-14-13(15-5-2)16-9-10-7-8-11(19-10)12(17)18-6-3;/h7-8H,4-6,9H2,1-3H3,(H2,14,15,16);1H. The zero-order chi connectivity index (χ0) is 14.1. The van der Waals surface area contributed by atoms with E-state index in [0.717, 1.165) is 19.0 Å². The van der Waals surface area contributed by atoms with Crippen LogP contribution in [-0.4, -0.2) is 31.6 Å². The zero-order valence-electron chi connectivity index (χ0n) is 12.1. The van der Waals surface area contributed by atoms with Crippen LogP contribution in [0.5, 0.6) is 0 Å². The number of guanidine groups is 1. The Labute approximate surface area is 136 Å². The third kappa shape index (κ3) is 6.27. The molecule has 0 aliphatic heterocycles. The fourth-order valence-electron chi connectivity index (χ4n) is 1.44. The Morgan fingerprint density at radius 1 is 1.25 bits per heavy atom. The summed E-state index contributed by atoms with van der Waals surface area (Å²) in [5, 5.41) is 6.22. The first-order valence-electron chi connectivity index (χ1n) is 6.49. The molecule has 1 rings (SSSR count). The van der Waals surface area contributed by atoms with Crippen molar-refractivity contribution >= 4 is 35.9 Å². The lowest BCUT2D eigenvalue weighted by Gasteiger charge is -2.08. The highest BCUT2D eigenvalue weighted by molar-refractivity contribution is 14.0. The van der Waals surface area contributed by atoms with E-state index in [1.165, 1.54) is 0 Å². The smallest absolute Gasteiger partial charge is 0.374 e. The Morgan fingerprint density at radius 2 is 1.90 bits per heavy atom. The minimum absolute atomic E-state index is 0. The van der Waals surface area contributed by atoms with E-state index >= 15 is 0 Å². The summed E-state index contributed by atoms with van der Waals surface area (Å²) in [5.41, 5.74) is 0. The molecule has 20 heavy (non-hydrogen) atoms. The highest BCUT2D eigenvalue weighted by atomic mass is 127. The number of carbonyl (C=O) groups excluding carboxylic acids is 1. The Balaban J connectivity index is 0.00000361. The summed E-state index contributed by atoms with van der Waals surface area (Å²) in [6.45, 7) is 8.03. The van der Waals surface area contributed by atoms with Crippen LogP contribution in [0.25, 0.3) is 0 Å². The van der Waals surface area contributed by atoms with Gasteiger partial charge in [0, 0.05) is 13.1 Å². The molecule has 6 nitrogen and oxygen atoms in total. The van der Waals surface area contributed by atoms with Crippen molar-refractivity contribution in [2.75, 3.05) is 19.7 Å². The molecule has 7 heteroatoms. The Kier molecular flexibility index (Phi) is 9.87. The second-order valence-electron chi connectivity index (χ2n) is 3.71. The third-order valence-corrected chi connectivity index (χ3v) is 2.22. The van der Waals surface area contributed by atoms with Crippen molar-refractivity contribution in [3.05, 3.63) is 23.7 Å². The number of hydrogen-bond donors (Lipinski definition) is 2. The van der Waals surface area contributed by atoms with Crippen LogP contribution in [0.4, 0.5) is 0 Å². The second kappa shape index (κ2) is 10.5. The fourth-order valence-corrected chi connectivity index (χ4v) is 1.44. The number of furan rings is 1. The lowest BCUT2D eigenvalue weighted by molar-refractivity contribution is 0.0488. The molecule has 0 saturated carbocycles. The normalized spacial score (nSPS) is 9.35. The minimum atomic E-state index is -0.448. The average Bonchev–Trinajstić information content (AvgIpc) is 2.86. The highest BCUT2D eigenvalue weighted by Crippen LogP contribution is 2.10. The third-order valence-electron chi connectivity index (χ3n) is 2.22. The largest absolute Gasteiger partial charge is 0.460 e. The van der Waals surface area contributed by atoms with Gasteiger partial charge in [0.1, 0.15) is 12.3 Å². The monoisotopic (exact) mass is 395 g/mol. The maximum Gasteiger partial charge on any atom is 0.374 e. The highest BCUT2D eigenvalue weighted by Gasteiger charge is 2.11. The summed E-state index contributed by atoms with van der Waals surface area (Å²) in [7, 11) is 0. The summed E-state index contributed by atoms with van der Waals surface area (Å²) in [5.74, 6) is 1.10. The summed E-state index contributed by atoms with van der Waals surface area (Å²) in [6.07, 6.45) is 0. The first kappa shape index (κ1) is 18.8. The molecule has 0 saturated heterocycles. The van der Waals surface area contributed by atoms with Crippen molar-refractivity contribution in [2.24, 2.45) is 4.99 Å². The molecule has 1 heterocycles. The van der Waals surface area contributed by atoms with E-state index in [4.69, 9.17) is 9.15 Å². The van der Waals surface area contributed by atoms with Crippen molar-refractivity contribution in [1.29, 1.82) is 0 Å². The maximum atomic E-state index is 11.4. The van der Waals surface area contributed by atoms with E-state index in [0.29, 0.717) is 18.9 Å². The lowest BCUT2D eigenvalue weighted by atomic mass is 10.4. The molecule has 0 aliphatic rings. The molecule has 1 aromatic rings. The topological polar surface area (TPSA) is 75.9 Å². The first-order chi connectivity index (χ1) is 9.21. The van der Waals surface area contributed by atoms with Gasteiger partial charge in [-0.2, -0.15) is 0 Å². The fraction of sp³-hybridized carbons (Fsp3) is 0.538. The van der Waals surface area contributed by atoms with E-state index in [1.54, 1.807) is 19.1 Å². The van der Waals surface area contributed by atoms with Crippen molar-refractivity contribution < 1.29 is 13.9 Å². The minimum Gasteiger partial charge on any atom is -0.460 e. The SMILES string of the molecule is CCNC(=NCc1ccc(C(=O)OCC)o1)NCC.I. The Morgan fingerprint density at radius 3 is 2.45 bits per heavy atom. The van der Waals surface area contributed by atoms with E-state index in [9.17, 15) is 4.79 Å². The van der Waals surface area contributed by atoms with Crippen LogP contribution in [0.2, 0.25) is 0 Å². The molecule has 1 aromatic heterocycles. The van der Waals surface area contributed by atoms with Crippen molar-refractivity contribution in [3.8, 4) is 0 Å². The molecule has 0 spiro atoms. The van der Waals surface area contributed by atoms with Gasteiger partial charge < -0.3 is 19.8 Å². The van der Waals surface area contributed by atoms with Gasteiger partial charge in [-0.3, -0.25) is 0 Å². The van der Waals surface area contributed by atoms with Gasteiger partial charge in [0.05, 0.1) is 6.61 Å². The molecule has 0 aromatic carbocycles. The van der Waals surface area contributed by atoms with Crippen LogP contribution >= 0.6 is 24.0 Å². The van der Waals surface area contributed by atoms with Crippen molar-refractivity contribution in [1.82, 2.24) is 10.6 Å². The van der Waals surface area contributed by atoms with Gasteiger partial charge in [-0.25, -0.2) is 9.79 Å². The van der Waals surface area contributed by atoms with Crippen LogP contribution < -0.4 is 10.6 Å². The number of nitrogens with zero attached hydrogens (tertiary/aromatic N) is 1. The van der Waals surface area contributed by atoms with Gasteiger partial charge in [-0.15, -0.1) is 24.0 Å². The van der Waals surface area contributed by atoms with Gasteiger partial charge in [-0.1, -0.05) is 0 Å². The van der Waals surface area contributed by atoms with E-state index in [1.807, 2.05) is 13.8 Å². The Hall–Kier alpha value is -1.25. The predicted molar refractivity (Wildman–Crippen MR) is 88.6 cm³/mol. The predicted octanol–water partition coefficient (Wildman–Crippen LogP) is 2.15. The molecule has 2 N–H and O–H groups in total. The number of halogens is 1. The lowest BCUT2D eigenvalue weighted by Crippen LogP contribution is -2.36. The average molecular weight is 395 g/mol. The molecule has 114 valence electrons. The van der Waals surface area contributed by atoms with Gasteiger partial charge in [-0.05, 0) is 32.9 Å². The van der Waals surface area contributed by atoms with Crippen LogP contribution in [-0.2, 0) is 11.3 Å². The van der Waals surface area contributed by atoms with Crippen molar-refractivity contribution in [3.63, 3.8) is 0 Å².